The van der Waals surface area contributed by atoms with E-state index in [2.05, 4.69) is 60.0 Å². The number of fused-ring (bicyclic) bond motifs is 2. The molecule has 4 aromatic rings. The Morgan fingerprint density at radius 2 is 2.00 bits per heavy atom. The van der Waals surface area contributed by atoms with Crippen LogP contribution in [-0.2, 0) is 17.4 Å². The molecular formula is C26H29N7OS. The predicted molar refractivity (Wildman–Crippen MR) is 138 cm³/mol. The third-order valence-electron chi connectivity index (χ3n) is 7.78. The maximum atomic E-state index is 13.3. The summed E-state index contributed by atoms with van der Waals surface area (Å²) in [4.78, 5) is 27.6. The van der Waals surface area contributed by atoms with Gasteiger partial charge in [0.25, 0.3) is 5.56 Å². The van der Waals surface area contributed by atoms with Crippen molar-refractivity contribution >= 4 is 34.0 Å². The maximum Gasteiger partial charge on any atom is 0.278 e. The van der Waals surface area contributed by atoms with Crippen LogP contribution in [0, 0.1) is 0 Å². The van der Waals surface area contributed by atoms with E-state index < -0.39 is 0 Å². The molecule has 2 aliphatic carbocycles. The Balaban J connectivity index is 1.30. The van der Waals surface area contributed by atoms with E-state index in [0.717, 1.165) is 42.4 Å². The molecule has 0 spiro atoms. The fourth-order valence-corrected chi connectivity index (χ4v) is 6.17. The fourth-order valence-electron chi connectivity index (χ4n) is 5.19. The Hall–Kier alpha value is -3.04. The molecule has 2 saturated carbocycles. The van der Waals surface area contributed by atoms with Crippen molar-refractivity contribution in [3.8, 4) is 5.13 Å². The first-order chi connectivity index (χ1) is 16.8. The first-order valence-electron chi connectivity index (χ1n) is 12.4. The van der Waals surface area contributed by atoms with Gasteiger partial charge in [0.1, 0.15) is 5.39 Å². The van der Waals surface area contributed by atoms with Crippen LogP contribution in [0.15, 0.2) is 34.6 Å². The largest absolute Gasteiger partial charge is 0.324 e. The van der Waals surface area contributed by atoms with Crippen molar-refractivity contribution in [2.75, 3.05) is 11.9 Å². The van der Waals surface area contributed by atoms with Gasteiger partial charge in [0, 0.05) is 41.2 Å². The highest BCUT2D eigenvalue weighted by atomic mass is 32.1. The van der Waals surface area contributed by atoms with Crippen molar-refractivity contribution in [3.05, 3.63) is 57.0 Å². The third-order valence-corrected chi connectivity index (χ3v) is 8.60. The molecule has 0 amide bonds. The lowest BCUT2D eigenvalue weighted by molar-refractivity contribution is 0.435. The standard InChI is InChI=1S/C26H29N7OS/c1-25(2)14-27-11-15-10-16(4-7-19(15)25)29-23-28-12-18-21(31-23)33(32(22(18)34)17-5-6-17)24-30-20(13-35-24)26(3)8-9-26/h4,7,10,12-13,17,27H,5-6,8-9,11,14H2,1-3H3,(H,28,29,31). The minimum atomic E-state index is -0.0366. The van der Waals surface area contributed by atoms with Gasteiger partial charge in [0.15, 0.2) is 5.65 Å². The summed E-state index contributed by atoms with van der Waals surface area (Å²) in [5, 5.41) is 10.4. The van der Waals surface area contributed by atoms with Gasteiger partial charge in [-0.15, -0.1) is 11.3 Å². The lowest BCUT2D eigenvalue weighted by atomic mass is 9.79. The number of rotatable bonds is 5. The van der Waals surface area contributed by atoms with E-state index in [-0.39, 0.29) is 22.4 Å². The summed E-state index contributed by atoms with van der Waals surface area (Å²) in [6.45, 7) is 8.61. The second-order valence-electron chi connectivity index (χ2n) is 11.2. The summed E-state index contributed by atoms with van der Waals surface area (Å²) in [6.07, 6.45) is 6.00. The van der Waals surface area contributed by atoms with Crippen molar-refractivity contribution < 1.29 is 0 Å². The van der Waals surface area contributed by atoms with E-state index in [1.54, 1.807) is 17.5 Å². The topological polar surface area (TPSA) is 89.7 Å². The molecule has 4 heterocycles. The molecule has 7 rings (SSSR count). The van der Waals surface area contributed by atoms with Gasteiger partial charge in [-0.1, -0.05) is 26.8 Å². The Bertz CT molecular complexity index is 1540. The molecule has 0 atom stereocenters. The minimum Gasteiger partial charge on any atom is -0.324 e. The molecule has 2 N–H and O–H groups in total. The summed E-state index contributed by atoms with van der Waals surface area (Å²) in [5.41, 5.74) is 5.58. The Kier molecular flexibility index (Phi) is 4.40. The zero-order valence-electron chi connectivity index (χ0n) is 20.3. The summed E-state index contributed by atoms with van der Waals surface area (Å²) < 4.78 is 3.77. The lowest BCUT2D eigenvalue weighted by Gasteiger charge is -2.33. The zero-order valence-corrected chi connectivity index (χ0v) is 21.1. The zero-order chi connectivity index (χ0) is 23.9. The fraction of sp³-hybridized carbons (Fsp3) is 0.462. The highest BCUT2D eigenvalue weighted by Gasteiger charge is 2.41. The number of benzene rings is 1. The molecule has 0 saturated heterocycles. The van der Waals surface area contributed by atoms with Crippen LogP contribution in [0.4, 0.5) is 11.6 Å². The van der Waals surface area contributed by atoms with Crippen LogP contribution >= 0.6 is 11.3 Å². The summed E-state index contributed by atoms with van der Waals surface area (Å²) in [5.74, 6) is 0.480. The number of aromatic nitrogens is 5. The Morgan fingerprint density at radius 1 is 1.17 bits per heavy atom. The van der Waals surface area contributed by atoms with Crippen LogP contribution in [0.3, 0.4) is 0 Å². The van der Waals surface area contributed by atoms with Crippen LogP contribution in [0.2, 0.25) is 0 Å². The molecule has 3 aliphatic rings. The number of hydrogen-bond donors (Lipinski definition) is 2. The van der Waals surface area contributed by atoms with Crippen LogP contribution in [0.25, 0.3) is 16.2 Å². The van der Waals surface area contributed by atoms with E-state index >= 15 is 0 Å². The van der Waals surface area contributed by atoms with Gasteiger partial charge in [-0.3, -0.25) is 4.79 Å². The van der Waals surface area contributed by atoms with Crippen molar-refractivity contribution in [3.63, 3.8) is 0 Å². The van der Waals surface area contributed by atoms with Crippen molar-refractivity contribution in [1.29, 1.82) is 0 Å². The van der Waals surface area contributed by atoms with Crippen LogP contribution in [-0.4, -0.2) is 30.9 Å². The molecule has 1 aliphatic heterocycles. The molecule has 9 heteroatoms. The first kappa shape index (κ1) is 21.3. The van der Waals surface area contributed by atoms with Gasteiger partial charge in [0.2, 0.25) is 11.1 Å². The van der Waals surface area contributed by atoms with E-state index in [1.165, 1.54) is 24.0 Å². The monoisotopic (exact) mass is 487 g/mol. The molecule has 0 unspecified atom stereocenters. The molecule has 2 fully saturated rings. The second kappa shape index (κ2) is 7.24. The van der Waals surface area contributed by atoms with Crippen LogP contribution in [0.1, 0.15) is 69.3 Å². The van der Waals surface area contributed by atoms with Crippen LogP contribution in [0.5, 0.6) is 0 Å². The Morgan fingerprint density at radius 3 is 2.77 bits per heavy atom. The predicted octanol–water partition coefficient (Wildman–Crippen LogP) is 4.55. The highest BCUT2D eigenvalue weighted by molar-refractivity contribution is 7.12. The second-order valence-corrected chi connectivity index (χ2v) is 12.0. The summed E-state index contributed by atoms with van der Waals surface area (Å²) in [6, 6.07) is 6.66. The van der Waals surface area contributed by atoms with E-state index in [0.29, 0.717) is 17.0 Å². The normalized spacial score (nSPS) is 20.1. The smallest absolute Gasteiger partial charge is 0.278 e. The van der Waals surface area contributed by atoms with E-state index in [1.807, 2.05) is 9.36 Å². The number of hydrogen-bond acceptors (Lipinski definition) is 7. The third kappa shape index (κ3) is 3.43. The average molecular weight is 488 g/mol. The van der Waals surface area contributed by atoms with E-state index in [4.69, 9.17) is 9.97 Å². The van der Waals surface area contributed by atoms with Crippen molar-refractivity contribution in [2.24, 2.45) is 0 Å². The molecule has 0 bridgehead atoms. The van der Waals surface area contributed by atoms with Gasteiger partial charge < -0.3 is 10.6 Å². The van der Waals surface area contributed by atoms with Crippen LogP contribution < -0.4 is 16.2 Å². The number of nitrogens with one attached hydrogen (secondary N) is 2. The van der Waals surface area contributed by atoms with E-state index in [9.17, 15) is 4.79 Å². The summed E-state index contributed by atoms with van der Waals surface area (Å²) in [7, 11) is 0. The van der Waals surface area contributed by atoms with Crippen molar-refractivity contribution in [2.45, 2.75) is 69.9 Å². The van der Waals surface area contributed by atoms with Crippen molar-refractivity contribution in [1.82, 2.24) is 29.6 Å². The van der Waals surface area contributed by atoms with Gasteiger partial charge in [-0.25, -0.2) is 19.3 Å². The molecule has 35 heavy (non-hydrogen) atoms. The minimum absolute atomic E-state index is 0.0366. The average Bonchev–Trinajstić information content (AvgIpc) is 3.73. The quantitative estimate of drug-likeness (QED) is 0.429. The number of thiazole rings is 1. The first-order valence-corrected chi connectivity index (χ1v) is 13.3. The SMILES string of the molecule is CC1(C)CNCc2cc(Nc3ncc4c(=O)n(C5CC5)n(-c5nc(C6(C)CC6)cs5)c4n3)ccc21. The molecular weight excluding hydrogens is 458 g/mol. The molecule has 1 aromatic carbocycles. The van der Waals surface area contributed by atoms with Gasteiger partial charge in [0.05, 0.1) is 11.7 Å². The number of nitrogens with zero attached hydrogens (tertiary/aromatic N) is 5. The van der Waals surface area contributed by atoms with Gasteiger partial charge in [-0.2, -0.15) is 4.98 Å². The summed E-state index contributed by atoms with van der Waals surface area (Å²) >= 11 is 1.59. The molecule has 3 aromatic heterocycles. The highest BCUT2D eigenvalue weighted by Crippen LogP contribution is 2.48. The molecule has 180 valence electrons. The molecule has 8 nitrogen and oxygen atoms in total. The Labute approximate surface area is 207 Å². The van der Waals surface area contributed by atoms with Gasteiger partial charge in [-0.05, 0) is 48.9 Å². The lowest BCUT2D eigenvalue weighted by Crippen LogP contribution is -2.38. The van der Waals surface area contributed by atoms with Gasteiger partial charge >= 0.3 is 0 Å². The maximum absolute atomic E-state index is 13.3. The molecule has 0 radical (unpaired) electrons. The number of anilines is 2.